The van der Waals surface area contributed by atoms with E-state index < -0.39 is 22.8 Å². The fraction of sp³-hybridized carbons (Fsp3) is 0.500. The number of carboxylic acid groups (broad SMARTS) is 1. The molecular formula is C6H11Al2NO3S. The van der Waals surface area contributed by atoms with Gasteiger partial charge in [0.05, 0.1) is 0 Å². The van der Waals surface area contributed by atoms with E-state index in [2.05, 4.69) is 6.58 Å². The van der Waals surface area contributed by atoms with Gasteiger partial charge in [0.15, 0.2) is 0 Å². The van der Waals surface area contributed by atoms with Crippen molar-refractivity contribution in [3.05, 3.63) is 12.7 Å². The Hall–Kier alpha value is 0.385. The van der Waals surface area contributed by atoms with Crippen molar-refractivity contribution < 1.29 is 14.1 Å². The molecule has 0 amide bonds. The van der Waals surface area contributed by atoms with Gasteiger partial charge < -0.3 is 10.8 Å². The van der Waals surface area contributed by atoms with Crippen molar-refractivity contribution in [1.82, 2.24) is 0 Å². The van der Waals surface area contributed by atoms with Crippen LogP contribution >= 0.6 is 0 Å². The molecule has 0 saturated heterocycles. The van der Waals surface area contributed by atoms with E-state index in [0.717, 1.165) is 0 Å². The van der Waals surface area contributed by atoms with Gasteiger partial charge in [0.1, 0.15) is 6.04 Å². The number of nitrogens with two attached hydrogens (primary N) is 1. The summed E-state index contributed by atoms with van der Waals surface area (Å²) in [4.78, 5) is 10.2. The normalized spacial score (nSPS) is 13.0. The molecule has 70 valence electrons. The molecule has 13 heavy (non-hydrogen) atoms. The average Bonchev–Trinajstić information content (AvgIpc) is 1.87. The van der Waals surface area contributed by atoms with Crippen molar-refractivity contribution in [2.45, 2.75) is 6.04 Å². The van der Waals surface area contributed by atoms with Crippen LogP contribution in [-0.4, -0.2) is 67.6 Å². The van der Waals surface area contributed by atoms with Gasteiger partial charge in [-0.3, -0.25) is 9.00 Å². The molecular weight excluding hydrogens is 220 g/mol. The van der Waals surface area contributed by atoms with Gasteiger partial charge in [0.25, 0.3) is 0 Å². The molecule has 0 heterocycles. The predicted molar refractivity (Wildman–Crippen MR) is 55.2 cm³/mol. The Morgan fingerprint density at radius 1 is 1.62 bits per heavy atom. The Labute approximate surface area is 101 Å². The van der Waals surface area contributed by atoms with Crippen LogP contribution in [0.5, 0.6) is 0 Å². The zero-order valence-electron chi connectivity index (χ0n) is 7.18. The van der Waals surface area contributed by atoms with Crippen LogP contribution in [0.2, 0.25) is 0 Å². The van der Waals surface area contributed by atoms with Gasteiger partial charge >= 0.3 is 5.97 Å². The van der Waals surface area contributed by atoms with Gasteiger partial charge in [-0.2, -0.15) is 0 Å². The van der Waals surface area contributed by atoms with Crippen LogP contribution in [-0.2, 0) is 15.6 Å². The lowest BCUT2D eigenvalue weighted by molar-refractivity contribution is -0.137. The van der Waals surface area contributed by atoms with Crippen LogP contribution < -0.4 is 5.73 Å². The van der Waals surface area contributed by atoms with Gasteiger partial charge in [-0.05, 0) is 0 Å². The largest absolute Gasteiger partial charge is 0.480 e. The van der Waals surface area contributed by atoms with Crippen molar-refractivity contribution in [3.63, 3.8) is 0 Å². The lowest BCUT2D eigenvalue weighted by atomic mass is 10.4. The molecule has 3 N–H and O–H groups in total. The number of hydrogen-bond acceptors (Lipinski definition) is 3. The molecule has 2 atom stereocenters. The summed E-state index contributed by atoms with van der Waals surface area (Å²) in [6.07, 6.45) is 1.48. The van der Waals surface area contributed by atoms with Crippen molar-refractivity contribution >= 4 is 51.5 Å². The molecule has 0 aromatic heterocycles. The third kappa shape index (κ3) is 10.3. The third-order valence-electron chi connectivity index (χ3n) is 0.986. The zero-order chi connectivity index (χ0) is 8.85. The van der Waals surface area contributed by atoms with Crippen LogP contribution in [0.15, 0.2) is 12.7 Å². The van der Waals surface area contributed by atoms with E-state index in [-0.39, 0.29) is 40.5 Å². The van der Waals surface area contributed by atoms with Crippen molar-refractivity contribution in [2.24, 2.45) is 5.73 Å². The first-order chi connectivity index (χ1) is 5.07. The van der Waals surface area contributed by atoms with E-state index in [9.17, 15) is 9.00 Å². The molecule has 0 aliphatic rings. The Kier molecular flexibility index (Phi) is 15.3. The summed E-state index contributed by atoms with van der Waals surface area (Å²) in [5.74, 6) is -0.843. The number of rotatable bonds is 5. The Balaban J connectivity index is -0.000000500. The quantitative estimate of drug-likeness (QED) is 0.449. The molecule has 0 aliphatic carbocycles. The summed E-state index contributed by atoms with van der Waals surface area (Å²) in [5.41, 5.74) is 5.12. The molecule has 0 aliphatic heterocycles. The molecule has 0 aromatic rings. The predicted octanol–water partition coefficient (Wildman–Crippen LogP) is -1.43. The molecule has 4 nitrogen and oxygen atoms in total. The van der Waals surface area contributed by atoms with Crippen LogP contribution in [0.1, 0.15) is 0 Å². The van der Waals surface area contributed by atoms with Gasteiger partial charge in [0.2, 0.25) is 0 Å². The zero-order valence-corrected chi connectivity index (χ0v) is 10.3. The van der Waals surface area contributed by atoms with Crippen molar-refractivity contribution in [3.8, 4) is 0 Å². The highest BCUT2D eigenvalue weighted by Crippen LogP contribution is 1.87. The number of carbonyl (C=O) groups is 1. The molecule has 0 saturated carbocycles. The van der Waals surface area contributed by atoms with Crippen LogP contribution in [0.25, 0.3) is 0 Å². The second kappa shape index (κ2) is 10.5. The average molecular weight is 231 g/mol. The summed E-state index contributed by atoms with van der Waals surface area (Å²) in [6, 6.07) is -1.03. The minimum atomic E-state index is -1.19. The van der Waals surface area contributed by atoms with Gasteiger partial charge in [-0.15, -0.1) is 6.58 Å². The fourth-order valence-electron chi connectivity index (χ4n) is 0.471. The van der Waals surface area contributed by atoms with Gasteiger partial charge in [-0.25, -0.2) is 0 Å². The molecule has 6 radical (unpaired) electrons. The Morgan fingerprint density at radius 3 is 2.38 bits per heavy atom. The first-order valence-electron chi connectivity index (χ1n) is 3.02. The highest BCUT2D eigenvalue weighted by molar-refractivity contribution is 7.85. The maximum absolute atomic E-state index is 10.9. The van der Waals surface area contributed by atoms with E-state index in [1.54, 1.807) is 0 Å². The second-order valence-corrected chi connectivity index (χ2v) is 3.55. The van der Waals surface area contributed by atoms with E-state index >= 15 is 0 Å². The number of aliphatic carboxylic acids is 1. The standard InChI is InChI=1S/C6H11NO3S.2Al/c1-2-3-11(10)4-5(7)6(8)9;;/h2,5H,1,3-4,7H2,(H,8,9);;/t5-,11?;;/m0../s1. The summed E-state index contributed by atoms with van der Waals surface area (Å²) in [6.45, 7) is 3.37. The smallest absolute Gasteiger partial charge is 0.321 e. The lowest BCUT2D eigenvalue weighted by Crippen LogP contribution is -2.35. The summed E-state index contributed by atoms with van der Waals surface area (Å²) < 4.78 is 10.9. The first-order valence-corrected chi connectivity index (χ1v) is 4.51. The SMILES string of the molecule is C=CCS(=O)C[C@H](N)C(=O)O.[Al].[Al]. The van der Waals surface area contributed by atoms with E-state index in [4.69, 9.17) is 10.8 Å². The minimum Gasteiger partial charge on any atom is -0.480 e. The summed E-state index contributed by atoms with van der Waals surface area (Å²) in [5, 5.41) is 8.31. The topological polar surface area (TPSA) is 80.4 Å². The summed E-state index contributed by atoms with van der Waals surface area (Å²) in [7, 11) is -1.19. The van der Waals surface area contributed by atoms with Crippen LogP contribution in [0.4, 0.5) is 0 Å². The molecule has 0 aromatic carbocycles. The third-order valence-corrected chi connectivity index (χ3v) is 2.32. The van der Waals surface area contributed by atoms with Crippen molar-refractivity contribution in [2.75, 3.05) is 11.5 Å². The van der Waals surface area contributed by atoms with Gasteiger partial charge in [-0.1, -0.05) is 6.08 Å². The lowest BCUT2D eigenvalue weighted by Gasteiger charge is -2.03. The Bertz CT molecular complexity index is 189. The number of carboxylic acids is 1. The number of hydrogen-bond donors (Lipinski definition) is 2. The second-order valence-electron chi connectivity index (χ2n) is 2.01. The molecule has 1 unspecified atom stereocenters. The molecule has 7 heteroatoms. The van der Waals surface area contributed by atoms with E-state index in [0.29, 0.717) is 5.75 Å². The highest BCUT2D eigenvalue weighted by atomic mass is 32.2. The molecule has 0 rings (SSSR count). The monoisotopic (exact) mass is 231 g/mol. The molecule has 0 spiro atoms. The Morgan fingerprint density at radius 2 is 2.08 bits per heavy atom. The summed E-state index contributed by atoms with van der Waals surface area (Å²) >= 11 is 0. The van der Waals surface area contributed by atoms with Crippen molar-refractivity contribution in [1.29, 1.82) is 0 Å². The molecule has 0 fully saturated rings. The highest BCUT2D eigenvalue weighted by Gasteiger charge is 2.13. The van der Waals surface area contributed by atoms with Crippen LogP contribution in [0, 0.1) is 0 Å². The van der Waals surface area contributed by atoms with E-state index in [1.165, 1.54) is 6.08 Å². The maximum atomic E-state index is 10.9. The first kappa shape index (κ1) is 19.0. The van der Waals surface area contributed by atoms with E-state index in [1.807, 2.05) is 0 Å². The fourth-order valence-corrected chi connectivity index (χ4v) is 1.41. The minimum absolute atomic E-state index is 0. The maximum Gasteiger partial charge on any atom is 0.321 e. The van der Waals surface area contributed by atoms with Gasteiger partial charge in [0, 0.05) is 57.0 Å². The van der Waals surface area contributed by atoms with Crippen LogP contribution in [0.3, 0.4) is 0 Å². The molecule has 0 bridgehead atoms.